The fraction of sp³-hybridized carbons (Fsp3) is 0.0909. The third kappa shape index (κ3) is 4.67. The number of primary amides is 1. The highest BCUT2D eigenvalue weighted by Crippen LogP contribution is 2.25. The van der Waals surface area contributed by atoms with E-state index in [2.05, 4.69) is 5.32 Å². The van der Waals surface area contributed by atoms with E-state index in [1.165, 1.54) is 19.2 Å². The molecule has 3 aromatic rings. The summed E-state index contributed by atoms with van der Waals surface area (Å²) >= 11 is 0. The molecule has 3 N–H and O–H groups in total. The maximum Gasteiger partial charge on any atom is 0.262 e. The van der Waals surface area contributed by atoms with Crippen LogP contribution in [0.25, 0.3) is 11.1 Å². The average Bonchev–Trinajstić information content (AvgIpc) is 2.73. The molecule has 6 heteroatoms. The van der Waals surface area contributed by atoms with Crippen molar-refractivity contribution < 1.29 is 19.1 Å². The molecule has 0 aliphatic carbocycles. The van der Waals surface area contributed by atoms with Crippen LogP contribution in [0.15, 0.2) is 72.8 Å². The number of carbonyl (C=O) groups excluding carboxylic acids is 2. The van der Waals surface area contributed by atoms with E-state index in [1.54, 1.807) is 6.07 Å². The van der Waals surface area contributed by atoms with Gasteiger partial charge in [-0.2, -0.15) is 0 Å². The molecule has 0 bridgehead atoms. The number of anilines is 1. The molecule has 6 nitrogen and oxygen atoms in total. The summed E-state index contributed by atoms with van der Waals surface area (Å²) in [7, 11) is 1.49. The minimum absolute atomic E-state index is 0.181. The second-order valence-electron chi connectivity index (χ2n) is 6.01. The van der Waals surface area contributed by atoms with E-state index in [9.17, 15) is 9.59 Å². The van der Waals surface area contributed by atoms with Gasteiger partial charge in [0.25, 0.3) is 11.8 Å². The van der Waals surface area contributed by atoms with Crippen molar-refractivity contribution in [3.8, 4) is 22.6 Å². The zero-order valence-electron chi connectivity index (χ0n) is 15.3. The molecule has 0 heterocycles. The van der Waals surface area contributed by atoms with E-state index in [-0.39, 0.29) is 23.8 Å². The minimum Gasteiger partial charge on any atom is -0.497 e. The number of ether oxygens (including phenoxy) is 2. The van der Waals surface area contributed by atoms with E-state index < -0.39 is 5.91 Å². The van der Waals surface area contributed by atoms with Gasteiger partial charge in [-0.3, -0.25) is 9.59 Å². The van der Waals surface area contributed by atoms with Crippen molar-refractivity contribution in [2.24, 2.45) is 5.73 Å². The normalized spacial score (nSPS) is 10.2. The number of hydrogen-bond acceptors (Lipinski definition) is 4. The molecule has 0 aromatic heterocycles. The van der Waals surface area contributed by atoms with Crippen molar-refractivity contribution in [2.75, 3.05) is 19.0 Å². The first kappa shape index (κ1) is 19.0. The third-order valence-electron chi connectivity index (χ3n) is 4.09. The molecule has 0 radical (unpaired) electrons. The summed E-state index contributed by atoms with van der Waals surface area (Å²) in [6, 6.07) is 22.1. The fourth-order valence-corrected chi connectivity index (χ4v) is 2.67. The molecule has 0 fully saturated rings. The lowest BCUT2D eigenvalue weighted by molar-refractivity contribution is -0.118. The molecule has 28 heavy (non-hydrogen) atoms. The number of methoxy groups -OCH3 is 1. The van der Waals surface area contributed by atoms with E-state index in [4.69, 9.17) is 15.2 Å². The average molecular weight is 376 g/mol. The van der Waals surface area contributed by atoms with Crippen molar-refractivity contribution in [1.82, 2.24) is 0 Å². The minimum atomic E-state index is -0.644. The number of nitrogens with two attached hydrogens (primary N) is 1. The van der Waals surface area contributed by atoms with Gasteiger partial charge < -0.3 is 20.5 Å². The first-order chi connectivity index (χ1) is 13.6. The van der Waals surface area contributed by atoms with Crippen LogP contribution in [0.5, 0.6) is 11.5 Å². The van der Waals surface area contributed by atoms with Crippen LogP contribution in [0, 0.1) is 0 Å². The van der Waals surface area contributed by atoms with Gasteiger partial charge in [-0.1, -0.05) is 42.5 Å². The largest absolute Gasteiger partial charge is 0.497 e. The predicted octanol–water partition coefficient (Wildman–Crippen LogP) is 3.48. The van der Waals surface area contributed by atoms with Gasteiger partial charge in [0.1, 0.15) is 11.5 Å². The first-order valence-electron chi connectivity index (χ1n) is 8.63. The molecule has 2 amide bonds. The van der Waals surface area contributed by atoms with Crippen LogP contribution in [-0.2, 0) is 4.79 Å². The molecule has 0 spiro atoms. The summed E-state index contributed by atoms with van der Waals surface area (Å²) < 4.78 is 10.6. The highest BCUT2D eigenvalue weighted by atomic mass is 16.5. The van der Waals surface area contributed by atoms with E-state index in [1.807, 2.05) is 54.6 Å². The Morgan fingerprint density at radius 1 is 0.929 bits per heavy atom. The molecule has 0 saturated carbocycles. The highest BCUT2D eigenvalue weighted by molar-refractivity contribution is 5.96. The molecule has 0 atom stereocenters. The molecule has 142 valence electrons. The summed E-state index contributed by atoms with van der Waals surface area (Å²) in [5.41, 5.74) is 8.32. The molecule has 0 saturated heterocycles. The first-order valence-corrected chi connectivity index (χ1v) is 8.63. The number of carbonyl (C=O) groups is 2. The van der Waals surface area contributed by atoms with Crippen molar-refractivity contribution in [3.05, 3.63) is 78.4 Å². The maximum atomic E-state index is 12.2. The number of nitrogens with one attached hydrogen (secondary N) is 1. The van der Waals surface area contributed by atoms with Gasteiger partial charge in [0.2, 0.25) is 0 Å². The second kappa shape index (κ2) is 8.73. The Hall–Kier alpha value is -3.80. The lowest BCUT2D eigenvalue weighted by atomic mass is 10.1. The van der Waals surface area contributed by atoms with Crippen LogP contribution in [0.1, 0.15) is 10.4 Å². The second-order valence-corrected chi connectivity index (χ2v) is 6.01. The van der Waals surface area contributed by atoms with Crippen molar-refractivity contribution in [1.29, 1.82) is 0 Å². The Balaban J connectivity index is 1.63. The summed E-state index contributed by atoms with van der Waals surface area (Å²) in [5, 5.41) is 2.76. The van der Waals surface area contributed by atoms with Gasteiger partial charge in [0, 0.05) is 11.8 Å². The van der Waals surface area contributed by atoms with Crippen LogP contribution >= 0.6 is 0 Å². The fourth-order valence-electron chi connectivity index (χ4n) is 2.67. The monoisotopic (exact) mass is 376 g/mol. The van der Waals surface area contributed by atoms with Crippen molar-refractivity contribution in [3.63, 3.8) is 0 Å². The standard InChI is InChI=1S/C22H20N2O4/c1-27-18-11-12-19(22(23)26)20(13-18)28-14-21(25)24-17-9-7-16(8-10-17)15-5-3-2-4-6-15/h2-13H,14H2,1H3,(H2,23,26)(H,24,25). The Morgan fingerprint density at radius 2 is 1.61 bits per heavy atom. The van der Waals surface area contributed by atoms with Crippen LogP contribution in [0.3, 0.4) is 0 Å². The molecule has 0 aliphatic rings. The SMILES string of the molecule is COc1ccc(C(N)=O)c(OCC(=O)Nc2ccc(-c3ccccc3)cc2)c1. The quantitative estimate of drug-likeness (QED) is 0.660. The van der Waals surface area contributed by atoms with Gasteiger partial charge in [-0.05, 0) is 35.4 Å². The van der Waals surface area contributed by atoms with Gasteiger partial charge in [0.05, 0.1) is 12.7 Å². The lowest BCUT2D eigenvalue weighted by Gasteiger charge is -2.12. The molecule has 3 rings (SSSR count). The van der Waals surface area contributed by atoms with Gasteiger partial charge in [-0.25, -0.2) is 0 Å². The Morgan fingerprint density at radius 3 is 2.25 bits per heavy atom. The number of hydrogen-bond donors (Lipinski definition) is 2. The number of amides is 2. The number of benzene rings is 3. The zero-order valence-corrected chi connectivity index (χ0v) is 15.3. The number of rotatable bonds is 7. The van der Waals surface area contributed by atoms with E-state index in [0.717, 1.165) is 11.1 Å². The summed E-state index contributed by atoms with van der Waals surface area (Å²) in [4.78, 5) is 23.7. The Bertz CT molecular complexity index is 970. The van der Waals surface area contributed by atoms with Crippen molar-refractivity contribution >= 4 is 17.5 Å². The smallest absolute Gasteiger partial charge is 0.262 e. The van der Waals surface area contributed by atoms with E-state index in [0.29, 0.717) is 11.4 Å². The maximum absolute atomic E-state index is 12.2. The van der Waals surface area contributed by atoms with Crippen molar-refractivity contribution in [2.45, 2.75) is 0 Å². The van der Waals surface area contributed by atoms with Gasteiger partial charge >= 0.3 is 0 Å². The highest BCUT2D eigenvalue weighted by Gasteiger charge is 2.13. The zero-order chi connectivity index (χ0) is 19.9. The lowest BCUT2D eigenvalue weighted by Crippen LogP contribution is -2.21. The van der Waals surface area contributed by atoms with Gasteiger partial charge in [-0.15, -0.1) is 0 Å². The predicted molar refractivity (Wildman–Crippen MR) is 108 cm³/mol. The molecular formula is C22H20N2O4. The summed E-state index contributed by atoms with van der Waals surface area (Å²) in [6.45, 7) is -0.270. The van der Waals surface area contributed by atoms with Crippen LogP contribution in [-0.4, -0.2) is 25.5 Å². The molecule has 3 aromatic carbocycles. The summed E-state index contributed by atoms with van der Waals surface area (Å²) in [5.74, 6) is -0.307. The molecule has 0 aliphatic heterocycles. The topological polar surface area (TPSA) is 90.7 Å². The van der Waals surface area contributed by atoms with Crippen LogP contribution in [0.2, 0.25) is 0 Å². The van der Waals surface area contributed by atoms with Crippen LogP contribution in [0.4, 0.5) is 5.69 Å². The van der Waals surface area contributed by atoms with Crippen LogP contribution < -0.4 is 20.5 Å². The molecule has 0 unspecified atom stereocenters. The Labute approximate surface area is 162 Å². The Kier molecular flexibility index (Phi) is 5.91. The summed E-state index contributed by atoms with van der Waals surface area (Å²) in [6.07, 6.45) is 0. The third-order valence-corrected chi connectivity index (χ3v) is 4.09. The van der Waals surface area contributed by atoms with Gasteiger partial charge in [0.15, 0.2) is 6.61 Å². The molecular weight excluding hydrogens is 356 g/mol. The van der Waals surface area contributed by atoms with E-state index >= 15 is 0 Å².